The number of benzene rings is 2. The second kappa shape index (κ2) is 11.6. The van der Waals surface area contributed by atoms with Crippen LogP contribution in [0.1, 0.15) is 19.4 Å². The molecule has 10 heteroatoms. The number of amides is 1. The van der Waals surface area contributed by atoms with Crippen molar-refractivity contribution in [3.63, 3.8) is 0 Å². The molecule has 0 radical (unpaired) electrons. The average molecular weight is 479 g/mol. The number of nitrogens with zero attached hydrogens (tertiary/aromatic N) is 1. The molecule has 0 saturated heterocycles. The lowest BCUT2D eigenvalue weighted by Gasteiger charge is -2.19. The minimum Gasteiger partial charge on any atom is -0.495 e. The van der Waals surface area contributed by atoms with Crippen molar-refractivity contribution in [1.29, 1.82) is 0 Å². The minimum absolute atomic E-state index is 0.0657. The van der Waals surface area contributed by atoms with Crippen molar-refractivity contribution in [2.45, 2.75) is 18.7 Å². The van der Waals surface area contributed by atoms with Gasteiger partial charge < -0.3 is 24.3 Å². The lowest BCUT2D eigenvalue weighted by Crippen LogP contribution is -2.30. The van der Waals surface area contributed by atoms with Crippen LogP contribution in [0.15, 0.2) is 41.3 Å². The number of anilines is 1. The molecule has 1 amide bonds. The number of rotatable bonds is 11. The van der Waals surface area contributed by atoms with E-state index in [1.54, 1.807) is 32.1 Å². The number of carbonyl (C=O) groups is 1. The Hall–Kier alpha value is -3.24. The number of carbonyl (C=O) groups excluding carboxylic acids is 1. The molecule has 2 rings (SSSR count). The Balaban J connectivity index is 2.32. The van der Waals surface area contributed by atoms with Crippen LogP contribution >= 0.6 is 0 Å². The molecule has 1 N–H and O–H groups in total. The topological polar surface area (TPSA) is 103 Å². The maximum Gasteiger partial charge on any atom is 0.248 e. The summed E-state index contributed by atoms with van der Waals surface area (Å²) >= 11 is 0. The predicted octanol–water partition coefficient (Wildman–Crippen LogP) is 3.40. The number of nitrogens with one attached hydrogen (secondary N) is 1. The summed E-state index contributed by atoms with van der Waals surface area (Å²) in [5.41, 5.74) is 0.884. The average Bonchev–Trinajstić information content (AvgIpc) is 2.82. The Morgan fingerprint density at radius 2 is 1.48 bits per heavy atom. The first-order valence-electron chi connectivity index (χ1n) is 10.2. The molecule has 0 bridgehead atoms. The van der Waals surface area contributed by atoms with E-state index >= 15 is 0 Å². The standard InChI is InChI=1S/C23H30N2O7S/c1-7-25(8-2)33(27,28)17-10-11-19(29-3)18(15-17)24-22(26)12-9-16-13-20(30-4)23(32-6)21(14-16)31-5/h9-15H,7-8H2,1-6H3,(H,24,26). The monoisotopic (exact) mass is 478 g/mol. The Labute approximate surface area is 194 Å². The van der Waals surface area contributed by atoms with Crippen molar-refractivity contribution in [1.82, 2.24) is 4.31 Å². The van der Waals surface area contributed by atoms with Crippen LogP contribution in [-0.4, -0.2) is 60.2 Å². The zero-order chi connectivity index (χ0) is 24.6. The smallest absolute Gasteiger partial charge is 0.248 e. The van der Waals surface area contributed by atoms with Gasteiger partial charge in [-0.2, -0.15) is 4.31 Å². The van der Waals surface area contributed by atoms with Gasteiger partial charge in [-0.15, -0.1) is 0 Å². The van der Waals surface area contributed by atoms with Crippen LogP contribution in [0.25, 0.3) is 6.08 Å². The molecule has 0 saturated carbocycles. The highest BCUT2D eigenvalue weighted by molar-refractivity contribution is 7.89. The summed E-state index contributed by atoms with van der Waals surface area (Å²) in [7, 11) is 2.26. The van der Waals surface area contributed by atoms with Crippen LogP contribution in [0, 0.1) is 0 Å². The van der Waals surface area contributed by atoms with E-state index in [1.807, 2.05) is 0 Å². The van der Waals surface area contributed by atoms with Crippen molar-refractivity contribution in [3.8, 4) is 23.0 Å². The lowest BCUT2D eigenvalue weighted by atomic mass is 10.1. The number of sulfonamides is 1. The number of hydrogen-bond donors (Lipinski definition) is 1. The maximum absolute atomic E-state index is 12.8. The Kier molecular flexibility index (Phi) is 9.12. The summed E-state index contributed by atoms with van der Waals surface area (Å²) in [6.45, 7) is 4.20. The molecular formula is C23H30N2O7S. The van der Waals surface area contributed by atoms with Gasteiger partial charge in [0.1, 0.15) is 5.75 Å². The normalized spacial score (nSPS) is 11.5. The van der Waals surface area contributed by atoms with Crippen molar-refractivity contribution in [3.05, 3.63) is 42.0 Å². The van der Waals surface area contributed by atoms with Crippen molar-refractivity contribution in [2.24, 2.45) is 0 Å². The second-order valence-electron chi connectivity index (χ2n) is 6.73. The molecule has 0 spiro atoms. The van der Waals surface area contributed by atoms with Crippen molar-refractivity contribution in [2.75, 3.05) is 46.8 Å². The van der Waals surface area contributed by atoms with E-state index in [0.29, 0.717) is 41.7 Å². The quantitative estimate of drug-likeness (QED) is 0.494. The summed E-state index contributed by atoms with van der Waals surface area (Å²) in [5, 5.41) is 2.68. The third-order valence-corrected chi connectivity index (χ3v) is 6.93. The first-order chi connectivity index (χ1) is 15.7. The Morgan fingerprint density at radius 3 is 1.97 bits per heavy atom. The zero-order valence-corrected chi connectivity index (χ0v) is 20.5. The fourth-order valence-corrected chi connectivity index (χ4v) is 4.69. The SMILES string of the molecule is CCN(CC)S(=O)(=O)c1ccc(OC)c(NC(=O)C=Cc2cc(OC)c(OC)c(OC)c2)c1. The molecule has 0 fully saturated rings. The summed E-state index contributed by atoms with van der Waals surface area (Å²) in [6, 6.07) is 7.74. The van der Waals surface area contributed by atoms with Crippen LogP contribution < -0.4 is 24.3 Å². The number of ether oxygens (including phenoxy) is 4. The summed E-state index contributed by atoms with van der Waals surface area (Å²) in [5.74, 6) is 1.21. The first-order valence-corrected chi connectivity index (χ1v) is 11.7. The van der Waals surface area contributed by atoms with Gasteiger partial charge in [-0.25, -0.2) is 8.42 Å². The number of hydrogen-bond acceptors (Lipinski definition) is 7. The van der Waals surface area contributed by atoms with Gasteiger partial charge in [-0.3, -0.25) is 4.79 Å². The van der Waals surface area contributed by atoms with Crippen LogP contribution in [0.3, 0.4) is 0 Å². The Bertz CT molecular complexity index is 1080. The van der Waals surface area contributed by atoms with E-state index in [2.05, 4.69) is 5.32 Å². The Morgan fingerprint density at radius 1 is 0.909 bits per heavy atom. The second-order valence-corrected chi connectivity index (χ2v) is 8.67. The minimum atomic E-state index is -3.69. The molecule has 0 aliphatic heterocycles. The van der Waals surface area contributed by atoms with Gasteiger partial charge in [0.25, 0.3) is 0 Å². The van der Waals surface area contributed by atoms with Gasteiger partial charge in [0.05, 0.1) is 39.0 Å². The molecule has 0 unspecified atom stereocenters. The molecule has 2 aromatic carbocycles. The highest BCUT2D eigenvalue weighted by Gasteiger charge is 2.23. The molecule has 0 aliphatic carbocycles. The molecule has 0 heterocycles. The van der Waals surface area contributed by atoms with Crippen molar-refractivity contribution >= 4 is 27.7 Å². The van der Waals surface area contributed by atoms with Crippen LogP contribution in [0.2, 0.25) is 0 Å². The molecular weight excluding hydrogens is 448 g/mol. The molecule has 2 aromatic rings. The van der Waals surface area contributed by atoms with Gasteiger partial charge in [0.15, 0.2) is 11.5 Å². The van der Waals surface area contributed by atoms with Gasteiger partial charge in [0, 0.05) is 19.2 Å². The van der Waals surface area contributed by atoms with E-state index in [9.17, 15) is 13.2 Å². The molecule has 180 valence electrons. The fraction of sp³-hybridized carbons (Fsp3) is 0.348. The molecule has 0 atom stereocenters. The highest BCUT2D eigenvalue weighted by Crippen LogP contribution is 2.38. The van der Waals surface area contributed by atoms with Crippen LogP contribution in [0.5, 0.6) is 23.0 Å². The summed E-state index contributed by atoms with van der Waals surface area (Å²) in [6.07, 6.45) is 2.88. The summed E-state index contributed by atoms with van der Waals surface area (Å²) < 4.78 is 48.2. The van der Waals surface area contributed by atoms with E-state index in [0.717, 1.165) is 0 Å². The van der Waals surface area contributed by atoms with E-state index in [1.165, 1.54) is 57.0 Å². The van der Waals surface area contributed by atoms with Crippen LogP contribution in [0.4, 0.5) is 5.69 Å². The van der Waals surface area contributed by atoms with Crippen LogP contribution in [-0.2, 0) is 14.8 Å². The predicted molar refractivity (Wildman–Crippen MR) is 127 cm³/mol. The summed E-state index contributed by atoms with van der Waals surface area (Å²) in [4.78, 5) is 12.7. The van der Waals surface area contributed by atoms with Crippen molar-refractivity contribution < 1.29 is 32.2 Å². The molecule has 33 heavy (non-hydrogen) atoms. The fourth-order valence-electron chi connectivity index (χ4n) is 3.20. The van der Waals surface area contributed by atoms with Gasteiger partial charge in [-0.05, 0) is 42.0 Å². The first kappa shape index (κ1) is 26.0. The third-order valence-electron chi connectivity index (χ3n) is 4.89. The maximum atomic E-state index is 12.8. The highest BCUT2D eigenvalue weighted by atomic mass is 32.2. The third kappa shape index (κ3) is 5.96. The molecule has 0 aliphatic rings. The van der Waals surface area contributed by atoms with E-state index in [-0.39, 0.29) is 10.6 Å². The van der Waals surface area contributed by atoms with E-state index in [4.69, 9.17) is 18.9 Å². The van der Waals surface area contributed by atoms with Gasteiger partial charge in [0.2, 0.25) is 21.7 Å². The zero-order valence-electron chi connectivity index (χ0n) is 19.7. The lowest BCUT2D eigenvalue weighted by molar-refractivity contribution is -0.111. The van der Waals surface area contributed by atoms with Gasteiger partial charge in [-0.1, -0.05) is 13.8 Å². The number of methoxy groups -OCH3 is 4. The van der Waals surface area contributed by atoms with E-state index < -0.39 is 15.9 Å². The molecule has 9 nitrogen and oxygen atoms in total. The largest absolute Gasteiger partial charge is 0.495 e. The van der Waals surface area contributed by atoms with Gasteiger partial charge >= 0.3 is 0 Å². The molecule has 0 aromatic heterocycles.